The molecule has 0 spiro atoms. The normalized spacial score (nSPS) is 17.0. The number of methoxy groups -OCH3 is 1. The zero-order valence-electron chi connectivity index (χ0n) is 22.5. The SMILES string of the molecule is COc1cnc2c(-c3nc4cc(F)c(OC5CNCCC5OC(=O)Nc5cnc(C)nc5)cc4s3)cc(C)cc2n1. The summed E-state index contributed by atoms with van der Waals surface area (Å²) in [6.45, 7) is 4.73. The number of hydrogen-bond acceptors (Lipinski definition) is 11. The predicted molar refractivity (Wildman–Crippen MR) is 152 cm³/mol. The molecule has 1 fully saturated rings. The van der Waals surface area contributed by atoms with Crippen LogP contribution in [0.1, 0.15) is 17.8 Å². The Morgan fingerprint density at radius 1 is 1.05 bits per heavy atom. The molecule has 0 aliphatic carbocycles. The number of thiazole rings is 1. The lowest BCUT2D eigenvalue weighted by atomic mass is 10.1. The quantitative estimate of drug-likeness (QED) is 0.290. The van der Waals surface area contributed by atoms with Crippen LogP contribution in [0.15, 0.2) is 42.9 Å². The fourth-order valence-corrected chi connectivity index (χ4v) is 5.60. The number of carbonyl (C=O) groups excluding carboxylic acids is 1. The minimum Gasteiger partial charge on any atom is -0.482 e. The van der Waals surface area contributed by atoms with Crippen LogP contribution in [0.4, 0.5) is 14.9 Å². The minimum absolute atomic E-state index is 0.0565. The Bertz CT molecular complexity index is 1750. The van der Waals surface area contributed by atoms with Gasteiger partial charge >= 0.3 is 6.09 Å². The Kier molecular flexibility index (Phi) is 7.28. The average molecular weight is 576 g/mol. The molecule has 2 atom stereocenters. The van der Waals surface area contributed by atoms with Crippen LogP contribution in [0, 0.1) is 19.7 Å². The summed E-state index contributed by atoms with van der Waals surface area (Å²) in [6.07, 6.45) is 3.20. The molecule has 2 unspecified atom stereocenters. The first kappa shape index (κ1) is 26.7. The second-order valence-corrected chi connectivity index (χ2v) is 10.6. The first-order valence-electron chi connectivity index (χ1n) is 12.9. The zero-order chi connectivity index (χ0) is 28.5. The van der Waals surface area contributed by atoms with Crippen LogP contribution in [-0.2, 0) is 4.74 Å². The molecule has 2 N–H and O–H groups in total. The summed E-state index contributed by atoms with van der Waals surface area (Å²) in [5.74, 6) is 0.507. The van der Waals surface area contributed by atoms with Crippen LogP contribution in [0.2, 0.25) is 0 Å². The number of nitrogens with one attached hydrogen (secondary N) is 2. The third-order valence-electron chi connectivity index (χ3n) is 6.58. The van der Waals surface area contributed by atoms with E-state index in [1.807, 2.05) is 19.1 Å². The molecule has 0 radical (unpaired) electrons. The largest absolute Gasteiger partial charge is 0.482 e. The van der Waals surface area contributed by atoms with E-state index in [-0.39, 0.29) is 5.75 Å². The molecule has 41 heavy (non-hydrogen) atoms. The molecule has 5 aromatic rings. The van der Waals surface area contributed by atoms with E-state index in [0.29, 0.717) is 58.5 Å². The molecule has 6 rings (SSSR count). The molecule has 210 valence electrons. The number of halogens is 1. The summed E-state index contributed by atoms with van der Waals surface area (Å²) in [6, 6.07) is 6.90. The number of piperidine rings is 1. The van der Waals surface area contributed by atoms with Crippen LogP contribution in [0.3, 0.4) is 0 Å². The van der Waals surface area contributed by atoms with Crippen molar-refractivity contribution in [3.8, 4) is 22.2 Å². The highest BCUT2D eigenvalue weighted by Crippen LogP contribution is 2.37. The van der Waals surface area contributed by atoms with Crippen LogP contribution in [0.25, 0.3) is 31.8 Å². The van der Waals surface area contributed by atoms with Crippen molar-refractivity contribution in [1.29, 1.82) is 0 Å². The van der Waals surface area contributed by atoms with Crippen molar-refractivity contribution in [2.75, 3.05) is 25.5 Å². The molecule has 3 aromatic heterocycles. The Labute approximate surface area is 238 Å². The van der Waals surface area contributed by atoms with Crippen molar-refractivity contribution in [1.82, 2.24) is 30.2 Å². The Morgan fingerprint density at radius 2 is 1.88 bits per heavy atom. The number of rotatable bonds is 6. The number of aromatic nitrogens is 5. The van der Waals surface area contributed by atoms with Crippen molar-refractivity contribution in [2.24, 2.45) is 0 Å². The van der Waals surface area contributed by atoms with E-state index < -0.39 is 24.1 Å². The van der Waals surface area contributed by atoms with Crippen molar-refractivity contribution < 1.29 is 23.4 Å². The number of anilines is 1. The van der Waals surface area contributed by atoms with Gasteiger partial charge in [-0.25, -0.2) is 34.1 Å². The highest BCUT2D eigenvalue weighted by molar-refractivity contribution is 7.21. The first-order chi connectivity index (χ1) is 19.9. The standard InChI is InChI=1S/C28H26FN7O4S/c1-14-6-17(26-20(7-14)35-25(38-3)13-33-26)27-36-19-8-18(29)22(9-24(19)41-27)39-23-12-30-5-4-21(23)40-28(37)34-16-10-31-15(2)32-11-16/h6-11,13,21,23,30H,4-5,12H2,1-3H3,(H,34,37). The second-order valence-electron chi connectivity index (χ2n) is 9.60. The molecule has 1 aliphatic heterocycles. The van der Waals surface area contributed by atoms with E-state index in [4.69, 9.17) is 14.2 Å². The second kappa shape index (κ2) is 11.2. The highest BCUT2D eigenvalue weighted by Gasteiger charge is 2.31. The number of amides is 1. The number of fused-ring (bicyclic) bond motifs is 2. The van der Waals surface area contributed by atoms with Crippen molar-refractivity contribution in [3.05, 3.63) is 60.1 Å². The van der Waals surface area contributed by atoms with Crippen LogP contribution < -0.4 is 20.1 Å². The number of hydrogen-bond donors (Lipinski definition) is 2. The summed E-state index contributed by atoms with van der Waals surface area (Å²) in [5.41, 5.74) is 4.06. The molecule has 1 saturated heterocycles. The molecule has 1 aliphatic rings. The first-order valence-corrected chi connectivity index (χ1v) is 13.7. The van der Waals surface area contributed by atoms with Gasteiger partial charge in [0.2, 0.25) is 5.88 Å². The van der Waals surface area contributed by atoms with Gasteiger partial charge in [0.1, 0.15) is 23.0 Å². The van der Waals surface area contributed by atoms with Gasteiger partial charge in [0.05, 0.1) is 52.6 Å². The van der Waals surface area contributed by atoms with Crippen LogP contribution in [-0.4, -0.2) is 63.4 Å². The molecule has 1 amide bonds. The third-order valence-corrected chi connectivity index (χ3v) is 7.63. The Morgan fingerprint density at radius 3 is 2.68 bits per heavy atom. The maximum Gasteiger partial charge on any atom is 0.412 e. The van der Waals surface area contributed by atoms with Crippen molar-refractivity contribution in [3.63, 3.8) is 0 Å². The van der Waals surface area contributed by atoms with Crippen LogP contribution >= 0.6 is 11.3 Å². The van der Waals surface area contributed by atoms with Gasteiger partial charge in [-0.2, -0.15) is 0 Å². The van der Waals surface area contributed by atoms with Gasteiger partial charge in [-0.1, -0.05) is 0 Å². The summed E-state index contributed by atoms with van der Waals surface area (Å²) < 4.78 is 32.9. The summed E-state index contributed by atoms with van der Waals surface area (Å²) in [5, 5.41) is 6.52. The maximum absolute atomic E-state index is 15.2. The number of carbonyl (C=O) groups is 1. The Hall–Kier alpha value is -4.49. The number of benzene rings is 2. The lowest BCUT2D eigenvalue weighted by Crippen LogP contribution is -2.49. The van der Waals surface area contributed by atoms with E-state index in [2.05, 4.69) is 35.6 Å². The van der Waals surface area contributed by atoms with Gasteiger partial charge < -0.3 is 19.5 Å². The predicted octanol–water partition coefficient (Wildman–Crippen LogP) is 4.82. The van der Waals surface area contributed by atoms with E-state index in [1.54, 1.807) is 26.3 Å². The van der Waals surface area contributed by atoms with Crippen molar-refractivity contribution in [2.45, 2.75) is 32.5 Å². The van der Waals surface area contributed by atoms with Gasteiger partial charge in [0.25, 0.3) is 0 Å². The molecular formula is C28H26FN7O4S. The van der Waals surface area contributed by atoms with E-state index in [9.17, 15) is 4.79 Å². The maximum atomic E-state index is 15.2. The fourth-order valence-electron chi connectivity index (χ4n) is 4.61. The molecule has 11 nitrogen and oxygen atoms in total. The molecule has 4 heterocycles. The molecule has 0 bridgehead atoms. The van der Waals surface area contributed by atoms with E-state index in [0.717, 1.165) is 15.8 Å². The lowest BCUT2D eigenvalue weighted by molar-refractivity contribution is 0.00330. The number of ether oxygens (including phenoxy) is 3. The number of aryl methyl sites for hydroxylation is 2. The monoisotopic (exact) mass is 575 g/mol. The fraction of sp³-hybridized carbons (Fsp3) is 0.286. The minimum atomic E-state index is -0.660. The van der Waals surface area contributed by atoms with Gasteiger partial charge in [0.15, 0.2) is 11.6 Å². The van der Waals surface area contributed by atoms with Gasteiger partial charge in [-0.15, -0.1) is 11.3 Å². The summed E-state index contributed by atoms with van der Waals surface area (Å²) in [7, 11) is 1.54. The molecule has 13 heteroatoms. The summed E-state index contributed by atoms with van der Waals surface area (Å²) >= 11 is 1.40. The van der Waals surface area contributed by atoms with E-state index in [1.165, 1.54) is 29.8 Å². The summed E-state index contributed by atoms with van der Waals surface area (Å²) in [4.78, 5) is 34.4. The van der Waals surface area contributed by atoms with Gasteiger partial charge in [-0.3, -0.25) is 5.32 Å². The zero-order valence-corrected chi connectivity index (χ0v) is 23.3. The Balaban J connectivity index is 1.24. The number of nitrogens with zero attached hydrogens (tertiary/aromatic N) is 5. The topological polar surface area (TPSA) is 133 Å². The molecule has 2 aromatic carbocycles. The van der Waals surface area contributed by atoms with Crippen LogP contribution in [0.5, 0.6) is 11.6 Å². The average Bonchev–Trinajstić information content (AvgIpc) is 3.37. The molecule has 0 saturated carbocycles. The smallest absolute Gasteiger partial charge is 0.412 e. The lowest BCUT2D eigenvalue weighted by Gasteiger charge is -2.32. The van der Waals surface area contributed by atoms with Crippen molar-refractivity contribution >= 4 is 44.4 Å². The van der Waals surface area contributed by atoms with E-state index >= 15 is 4.39 Å². The highest BCUT2D eigenvalue weighted by atomic mass is 32.1. The third kappa shape index (κ3) is 5.72. The van der Waals surface area contributed by atoms with Gasteiger partial charge in [0, 0.05) is 30.7 Å². The van der Waals surface area contributed by atoms with Gasteiger partial charge in [-0.05, 0) is 38.1 Å². The molecular weight excluding hydrogens is 549 g/mol.